The van der Waals surface area contributed by atoms with E-state index >= 15 is 0 Å². The van der Waals surface area contributed by atoms with Gasteiger partial charge >= 0.3 is 0 Å². The minimum Gasteiger partial charge on any atom is -0.322 e. The minimum atomic E-state index is -0.651. The van der Waals surface area contributed by atoms with Crippen LogP contribution in [0.15, 0.2) is 24.3 Å². The lowest BCUT2D eigenvalue weighted by Crippen LogP contribution is -2.40. The molecular formula is C12H10N2O3. The fourth-order valence-electron chi connectivity index (χ4n) is 2.32. The number of carbonyl (C=O) groups is 3. The zero-order valence-electron chi connectivity index (χ0n) is 8.97. The second-order valence-electron chi connectivity index (χ2n) is 4.22. The molecule has 0 aromatic heterocycles. The lowest BCUT2D eigenvalue weighted by molar-refractivity contribution is -0.126. The molecule has 0 aliphatic carbocycles. The van der Waals surface area contributed by atoms with Crippen LogP contribution in [0, 0.1) is 0 Å². The van der Waals surface area contributed by atoms with Crippen molar-refractivity contribution < 1.29 is 14.4 Å². The smallest absolute Gasteiger partial charge is 0.255 e. The number of rotatable bonds is 1. The molecule has 0 radical (unpaired) electrons. The molecule has 2 aliphatic heterocycles. The molecule has 17 heavy (non-hydrogen) atoms. The van der Waals surface area contributed by atoms with Gasteiger partial charge in [-0.15, -0.1) is 0 Å². The van der Waals surface area contributed by atoms with Crippen molar-refractivity contribution in [1.29, 1.82) is 0 Å². The quantitative estimate of drug-likeness (QED) is 0.693. The first-order valence-corrected chi connectivity index (χ1v) is 5.39. The van der Waals surface area contributed by atoms with Gasteiger partial charge in [0.05, 0.1) is 6.42 Å². The van der Waals surface area contributed by atoms with Crippen molar-refractivity contribution in [2.45, 2.75) is 19.0 Å². The number of benzene rings is 1. The Morgan fingerprint density at radius 1 is 1.18 bits per heavy atom. The van der Waals surface area contributed by atoms with Crippen molar-refractivity contribution in [2.24, 2.45) is 0 Å². The van der Waals surface area contributed by atoms with E-state index in [2.05, 4.69) is 5.32 Å². The van der Waals surface area contributed by atoms with Crippen LogP contribution in [0.2, 0.25) is 0 Å². The van der Waals surface area contributed by atoms with E-state index < -0.39 is 6.04 Å². The predicted octanol–water partition coefficient (Wildman–Crippen LogP) is 0.0575. The fourth-order valence-corrected chi connectivity index (χ4v) is 2.32. The molecule has 0 saturated carbocycles. The molecule has 3 rings (SSSR count). The van der Waals surface area contributed by atoms with Gasteiger partial charge in [-0.3, -0.25) is 19.7 Å². The lowest BCUT2D eigenvalue weighted by Gasteiger charge is -2.20. The minimum absolute atomic E-state index is 0.0680. The van der Waals surface area contributed by atoms with Gasteiger partial charge < -0.3 is 4.90 Å². The van der Waals surface area contributed by atoms with Gasteiger partial charge in [0.2, 0.25) is 11.8 Å². The van der Waals surface area contributed by atoms with Crippen molar-refractivity contribution >= 4 is 17.7 Å². The maximum atomic E-state index is 12.1. The van der Waals surface area contributed by atoms with Gasteiger partial charge in [-0.05, 0) is 11.6 Å². The summed E-state index contributed by atoms with van der Waals surface area (Å²) < 4.78 is 0. The van der Waals surface area contributed by atoms with Crippen LogP contribution in [0.4, 0.5) is 0 Å². The SMILES string of the molecule is O=C1CC(N2Cc3ccccc3C2=O)C(=O)N1. The third-order valence-corrected chi connectivity index (χ3v) is 3.17. The van der Waals surface area contributed by atoms with Crippen LogP contribution in [0.3, 0.4) is 0 Å². The molecule has 2 aliphatic rings. The molecule has 1 fully saturated rings. The maximum absolute atomic E-state index is 12.1. The number of amides is 3. The molecule has 1 aromatic rings. The van der Waals surface area contributed by atoms with Crippen LogP contribution in [0.25, 0.3) is 0 Å². The first-order chi connectivity index (χ1) is 8.16. The number of imide groups is 1. The maximum Gasteiger partial charge on any atom is 0.255 e. The van der Waals surface area contributed by atoms with Crippen molar-refractivity contribution in [1.82, 2.24) is 10.2 Å². The number of hydrogen-bond donors (Lipinski definition) is 1. The Morgan fingerprint density at radius 2 is 1.94 bits per heavy atom. The molecule has 0 spiro atoms. The van der Waals surface area contributed by atoms with Gasteiger partial charge in [-0.1, -0.05) is 18.2 Å². The molecule has 1 aromatic carbocycles. The molecular weight excluding hydrogens is 220 g/mol. The Balaban J connectivity index is 1.92. The highest BCUT2D eigenvalue weighted by atomic mass is 16.2. The normalized spacial score (nSPS) is 22.9. The van der Waals surface area contributed by atoms with Gasteiger partial charge in [0.1, 0.15) is 6.04 Å². The molecule has 1 atom stereocenters. The monoisotopic (exact) mass is 230 g/mol. The number of nitrogens with one attached hydrogen (secondary N) is 1. The summed E-state index contributed by atoms with van der Waals surface area (Å²) in [5.41, 5.74) is 1.53. The standard InChI is InChI=1S/C12H10N2O3/c15-10-5-9(11(16)13-10)14-6-7-3-1-2-4-8(7)12(14)17/h1-4,9H,5-6H2,(H,13,15,16). The Labute approximate surface area is 97.4 Å². The summed E-state index contributed by atoms with van der Waals surface area (Å²) >= 11 is 0. The average molecular weight is 230 g/mol. The molecule has 3 amide bonds. The Bertz CT molecular complexity index is 538. The van der Waals surface area contributed by atoms with Crippen molar-refractivity contribution in [3.05, 3.63) is 35.4 Å². The van der Waals surface area contributed by atoms with E-state index in [1.54, 1.807) is 12.1 Å². The van der Waals surface area contributed by atoms with Gasteiger partial charge in [0.15, 0.2) is 0 Å². The van der Waals surface area contributed by atoms with Crippen LogP contribution >= 0.6 is 0 Å². The van der Waals surface area contributed by atoms with Crippen LogP contribution < -0.4 is 5.32 Å². The summed E-state index contributed by atoms with van der Waals surface area (Å²) in [5.74, 6) is -0.865. The highest BCUT2D eigenvalue weighted by Gasteiger charge is 2.41. The fraction of sp³-hybridized carbons (Fsp3) is 0.250. The summed E-state index contributed by atoms with van der Waals surface area (Å²) in [6.45, 7) is 0.403. The van der Waals surface area contributed by atoms with Crippen molar-refractivity contribution in [3.8, 4) is 0 Å². The third-order valence-electron chi connectivity index (χ3n) is 3.17. The van der Waals surface area contributed by atoms with Gasteiger partial charge in [-0.25, -0.2) is 0 Å². The molecule has 86 valence electrons. The Hall–Kier alpha value is -2.17. The zero-order valence-corrected chi connectivity index (χ0v) is 8.97. The van der Waals surface area contributed by atoms with Gasteiger partial charge in [0, 0.05) is 12.1 Å². The average Bonchev–Trinajstić information content (AvgIpc) is 2.80. The molecule has 1 unspecified atom stereocenters. The van der Waals surface area contributed by atoms with Crippen LogP contribution in [-0.4, -0.2) is 28.7 Å². The van der Waals surface area contributed by atoms with E-state index in [-0.39, 0.29) is 24.1 Å². The second-order valence-corrected chi connectivity index (χ2v) is 4.22. The highest BCUT2D eigenvalue weighted by molar-refractivity contribution is 6.09. The summed E-state index contributed by atoms with van der Waals surface area (Å²) in [7, 11) is 0. The zero-order chi connectivity index (χ0) is 12.0. The topological polar surface area (TPSA) is 66.5 Å². The van der Waals surface area contributed by atoms with Crippen LogP contribution in [-0.2, 0) is 16.1 Å². The lowest BCUT2D eigenvalue weighted by atomic mass is 10.1. The van der Waals surface area contributed by atoms with Crippen LogP contribution in [0.5, 0.6) is 0 Å². The molecule has 5 heteroatoms. The number of carbonyl (C=O) groups excluding carboxylic acids is 3. The summed E-state index contributed by atoms with van der Waals surface area (Å²) in [4.78, 5) is 36.2. The summed E-state index contributed by atoms with van der Waals surface area (Å²) in [6, 6.07) is 6.60. The molecule has 1 N–H and O–H groups in total. The van der Waals surface area contributed by atoms with E-state index in [0.29, 0.717) is 12.1 Å². The second kappa shape index (κ2) is 3.41. The van der Waals surface area contributed by atoms with Crippen molar-refractivity contribution in [3.63, 3.8) is 0 Å². The number of nitrogens with zero attached hydrogens (tertiary/aromatic N) is 1. The van der Waals surface area contributed by atoms with Gasteiger partial charge in [-0.2, -0.15) is 0 Å². The first-order valence-electron chi connectivity index (χ1n) is 5.39. The third kappa shape index (κ3) is 1.43. The molecule has 0 bridgehead atoms. The molecule has 2 heterocycles. The Kier molecular flexibility index (Phi) is 2.01. The summed E-state index contributed by atoms with van der Waals surface area (Å²) in [5, 5.41) is 2.22. The van der Waals surface area contributed by atoms with E-state index in [9.17, 15) is 14.4 Å². The van der Waals surface area contributed by atoms with Crippen LogP contribution in [0.1, 0.15) is 22.3 Å². The first kappa shape index (κ1) is 10.0. The Morgan fingerprint density at radius 3 is 2.59 bits per heavy atom. The van der Waals surface area contributed by atoms with E-state index in [1.165, 1.54) is 4.90 Å². The molecule has 1 saturated heterocycles. The van der Waals surface area contributed by atoms with Gasteiger partial charge in [0.25, 0.3) is 5.91 Å². The largest absolute Gasteiger partial charge is 0.322 e. The predicted molar refractivity (Wildman–Crippen MR) is 57.9 cm³/mol. The van der Waals surface area contributed by atoms with E-state index in [1.807, 2.05) is 12.1 Å². The van der Waals surface area contributed by atoms with E-state index in [4.69, 9.17) is 0 Å². The number of fused-ring (bicyclic) bond motifs is 1. The summed E-state index contributed by atoms with van der Waals surface area (Å²) in [6.07, 6.45) is 0.0680. The highest BCUT2D eigenvalue weighted by Crippen LogP contribution is 2.26. The van der Waals surface area contributed by atoms with E-state index in [0.717, 1.165) is 5.56 Å². The molecule has 5 nitrogen and oxygen atoms in total. The number of hydrogen-bond acceptors (Lipinski definition) is 3. The van der Waals surface area contributed by atoms with Crippen molar-refractivity contribution in [2.75, 3.05) is 0 Å².